The number of halogens is 2. The van der Waals surface area contributed by atoms with Gasteiger partial charge in [-0.25, -0.2) is 9.97 Å². The molecule has 0 saturated heterocycles. The maximum absolute atomic E-state index is 12.1. The first-order valence-corrected chi connectivity index (χ1v) is 8.23. The maximum Gasteiger partial charge on any atom is 0.271 e. The largest absolute Gasteiger partial charge is 0.348 e. The lowest BCUT2D eigenvalue weighted by Gasteiger charge is -2.12. The first kappa shape index (κ1) is 16.0. The summed E-state index contributed by atoms with van der Waals surface area (Å²) >= 11 is 12.1. The monoisotopic (exact) mass is 350 g/mol. The smallest absolute Gasteiger partial charge is 0.271 e. The van der Waals surface area contributed by atoms with Gasteiger partial charge >= 0.3 is 0 Å². The summed E-state index contributed by atoms with van der Waals surface area (Å²) < 4.78 is 0. The van der Waals surface area contributed by atoms with E-state index in [0.29, 0.717) is 27.2 Å². The Morgan fingerprint density at radius 2 is 1.91 bits per heavy atom. The Bertz CT molecular complexity index is 700. The molecule has 1 aliphatic rings. The third-order valence-corrected chi connectivity index (χ3v) is 4.61. The number of anilines is 2. The fourth-order valence-corrected chi connectivity index (χ4v) is 2.93. The Kier molecular flexibility index (Phi) is 4.98. The Balaban J connectivity index is 1.66. The summed E-state index contributed by atoms with van der Waals surface area (Å²) in [5.41, 5.74) is 0.941. The van der Waals surface area contributed by atoms with Gasteiger partial charge < -0.3 is 10.6 Å². The minimum absolute atomic E-state index is 0.184. The van der Waals surface area contributed by atoms with Crippen molar-refractivity contribution < 1.29 is 4.79 Å². The molecule has 0 bridgehead atoms. The van der Waals surface area contributed by atoms with Crippen LogP contribution in [-0.4, -0.2) is 21.9 Å². The molecule has 2 N–H and O–H groups in total. The second-order valence-corrected chi connectivity index (χ2v) is 6.25. The topological polar surface area (TPSA) is 66.9 Å². The van der Waals surface area contributed by atoms with Crippen molar-refractivity contribution in [3.63, 3.8) is 0 Å². The Labute approximate surface area is 144 Å². The molecular formula is C16H16Cl2N4O. The average molecular weight is 351 g/mol. The predicted octanol–water partition coefficient (Wildman–Crippen LogP) is 4.20. The lowest BCUT2D eigenvalue weighted by atomic mass is 10.2. The molecule has 1 saturated carbocycles. The van der Waals surface area contributed by atoms with Gasteiger partial charge in [-0.1, -0.05) is 42.1 Å². The molecule has 0 spiro atoms. The molecule has 23 heavy (non-hydrogen) atoms. The number of benzene rings is 1. The molecule has 7 heteroatoms. The van der Waals surface area contributed by atoms with Crippen LogP contribution in [0.4, 0.5) is 11.5 Å². The van der Waals surface area contributed by atoms with E-state index in [9.17, 15) is 4.79 Å². The molecule has 1 aromatic carbocycles. The van der Waals surface area contributed by atoms with E-state index in [4.69, 9.17) is 23.2 Å². The standard InChI is InChI=1S/C16H16Cl2N4O/c17-11-6-3-7-12(15(11)18)22-14-9-19-13(8-20-14)16(23)21-10-4-1-2-5-10/h3,6-10H,1-2,4-5H2,(H,20,22)(H,21,23). The molecule has 0 aliphatic heterocycles. The minimum Gasteiger partial charge on any atom is -0.348 e. The SMILES string of the molecule is O=C(NC1CCCC1)c1cnc(Nc2cccc(Cl)c2Cl)cn1. The van der Waals surface area contributed by atoms with Gasteiger partial charge in [-0.05, 0) is 25.0 Å². The molecular weight excluding hydrogens is 335 g/mol. The van der Waals surface area contributed by atoms with Gasteiger partial charge in [0.2, 0.25) is 0 Å². The zero-order chi connectivity index (χ0) is 16.2. The van der Waals surface area contributed by atoms with Crippen molar-refractivity contribution in [1.29, 1.82) is 0 Å². The molecule has 3 rings (SSSR count). The molecule has 0 atom stereocenters. The van der Waals surface area contributed by atoms with Crippen molar-refractivity contribution in [2.45, 2.75) is 31.7 Å². The van der Waals surface area contributed by atoms with Crippen molar-refractivity contribution in [1.82, 2.24) is 15.3 Å². The van der Waals surface area contributed by atoms with E-state index in [0.717, 1.165) is 12.8 Å². The second-order valence-electron chi connectivity index (χ2n) is 5.47. The van der Waals surface area contributed by atoms with Gasteiger partial charge in [-0.2, -0.15) is 0 Å². The molecule has 1 heterocycles. The van der Waals surface area contributed by atoms with Crippen LogP contribution in [0, 0.1) is 0 Å². The summed E-state index contributed by atoms with van der Waals surface area (Å²) in [7, 11) is 0. The highest BCUT2D eigenvalue weighted by Gasteiger charge is 2.18. The van der Waals surface area contributed by atoms with Gasteiger partial charge in [-0.3, -0.25) is 4.79 Å². The number of hydrogen-bond donors (Lipinski definition) is 2. The third kappa shape index (κ3) is 3.92. The van der Waals surface area contributed by atoms with Gasteiger partial charge in [0.15, 0.2) is 0 Å². The fraction of sp³-hybridized carbons (Fsp3) is 0.312. The van der Waals surface area contributed by atoms with Gasteiger partial charge in [0.25, 0.3) is 5.91 Å². The number of aromatic nitrogens is 2. The summed E-state index contributed by atoms with van der Waals surface area (Å²) in [6, 6.07) is 5.54. The van der Waals surface area contributed by atoms with Crippen molar-refractivity contribution in [3.05, 3.63) is 46.3 Å². The molecule has 0 radical (unpaired) electrons. The van der Waals surface area contributed by atoms with Crippen LogP contribution < -0.4 is 10.6 Å². The summed E-state index contributed by atoms with van der Waals surface area (Å²) in [6.07, 6.45) is 7.35. The number of hydrogen-bond acceptors (Lipinski definition) is 4. The zero-order valence-corrected chi connectivity index (χ0v) is 13.9. The first-order chi connectivity index (χ1) is 11.1. The lowest BCUT2D eigenvalue weighted by molar-refractivity contribution is 0.0932. The Hall–Kier alpha value is -1.85. The summed E-state index contributed by atoms with van der Waals surface area (Å²) in [5.74, 6) is 0.309. The highest BCUT2D eigenvalue weighted by Crippen LogP contribution is 2.31. The molecule has 1 aliphatic carbocycles. The molecule has 1 amide bonds. The minimum atomic E-state index is -0.184. The van der Waals surface area contributed by atoms with Gasteiger partial charge in [-0.15, -0.1) is 0 Å². The average Bonchev–Trinajstić information content (AvgIpc) is 3.05. The van der Waals surface area contributed by atoms with Crippen LogP contribution in [0.25, 0.3) is 0 Å². The number of nitrogens with zero attached hydrogens (tertiary/aromatic N) is 2. The van der Waals surface area contributed by atoms with E-state index in [1.54, 1.807) is 18.2 Å². The van der Waals surface area contributed by atoms with Gasteiger partial charge in [0.05, 0.1) is 28.1 Å². The van der Waals surface area contributed by atoms with E-state index >= 15 is 0 Å². The van der Waals surface area contributed by atoms with E-state index in [1.165, 1.54) is 25.2 Å². The highest BCUT2D eigenvalue weighted by molar-refractivity contribution is 6.43. The number of carbonyl (C=O) groups excluding carboxylic acids is 1. The zero-order valence-electron chi connectivity index (χ0n) is 12.4. The molecule has 120 valence electrons. The summed E-state index contributed by atoms with van der Waals surface area (Å²) in [6.45, 7) is 0. The van der Waals surface area contributed by atoms with Crippen LogP contribution in [0.3, 0.4) is 0 Å². The molecule has 1 fully saturated rings. The highest BCUT2D eigenvalue weighted by atomic mass is 35.5. The number of rotatable bonds is 4. The molecule has 0 unspecified atom stereocenters. The predicted molar refractivity (Wildman–Crippen MR) is 91.5 cm³/mol. The normalized spacial score (nSPS) is 14.7. The first-order valence-electron chi connectivity index (χ1n) is 7.47. The van der Waals surface area contributed by atoms with Crippen LogP contribution in [0.5, 0.6) is 0 Å². The molecule has 5 nitrogen and oxygen atoms in total. The number of nitrogens with one attached hydrogen (secondary N) is 2. The molecule has 2 aromatic rings. The quantitative estimate of drug-likeness (QED) is 0.866. The van der Waals surface area contributed by atoms with Crippen LogP contribution in [0.1, 0.15) is 36.2 Å². The third-order valence-electron chi connectivity index (χ3n) is 3.79. The second kappa shape index (κ2) is 7.15. The van der Waals surface area contributed by atoms with Crippen LogP contribution in [-0.2, 0) is 0 Å². The van der Waals surface area contributed by atoms with Crippen LogP contribution >= 0.6 is 23.2 Å². The van der Waals surface area contributed by atoms with E-state index in [-0.39, 0.29) is 11.9 Å². The van der Waals surface area contributed by atoms with Crippen molar-refractivity contribution >= 4 is 40.6 Å². The van der Waals surface area contributed by atoms with Crippen LogP contribution in [0.15, 0.2) is 30.6 Å². The number of carbonyl (C=O) groups is 1. The van der Waals surface area contributed by atoms with Gasteiger partial charge in [0.1, 0.15) is 11.5 Å². The van der Waals surface area contributed by atoms with E-state index in [1.807, 2.05) is 0 Å². The lowest BCUT2D eigenvalue weighted by Crippen LogP contribution is -2.33. The van der Waals surface area contributed by atoms with Crippen molar-refractivity contribution in [3.8, 4) is 0 Å². The fourth-order valence-electron chi connectivity index (χ4n) is 2.58. The maximum atomic E-state index is 12.1. The summed E-state index contributed by atoms with van der Waals surface area (Å²) in [4.78, 5) is 20.5. The Morgan fingerprint density at radius 1 is 1.13 bits per heavy atom. The number of amides is 1. The summed E-state index contributed by atoms with van der Waals surface area (Å²) in [5, 5.41) is 6.88. The van der Waals surface area contributed by atoms with E-state index < -0.39 is 0 Å². The van der Waals surface area contributed by atoms with Crippen LogP contribution in [0.2, 0.25) is 10.0 Å². The van der Waals surface area contributed by atoms with Crippen molar-refractivity contribution in [2.75, 3.05) is 5.32 Å². The molecule has 1 aromatic heterocycles. The van der Waals surface area contributed by atoms with E-state index in [2.05, 4.69) is 20.6 Å². The van der Waals surface area contributed by atoms with Gasteiger partial charge in [0, 0.05) is 6.04 Å². The van der Waals surface area contributed by atoms with Crippen molar-refractivity contribution in [2.24, 2.45) is 0 Å². The Morgan fingerprint density at radius 3 is 2.61 bits per heavy atom.